The number of likely N-dealkylation sites (tertiary alicyclic amines) is 1. The molecular formula is C29H38N4O2. The molecule has 2 fully saturated rings. The van der Waals surface area contributed by atoms with E-state index in [0.29, 0.717) is 13.2 Å². The van der Waals surface area contributed by atoms with Gasteiger partial charge in [0, 0.05) is 51.4 Å². The molecule has 35 heavy (non-hydrogen) atoms. The van der Waals surface area contributed by atoms with Gasteiger partial charge in [0.05, 0.1) is 17.8 Å². The van der Waals surface area contributed by atoms with Crippen LogP contribution in [-0.4, -0.2) is 66.8 Å². The molecule has 0 aliphatic carbocycles. The lowest BCUT2D eigenvalue weighted by Crippen LogP contribution is -2.46. The number of para-hydroxylation sites is 2. The largest absolute Gasteiger partial charge is 0.492 e. The van der Waals surface area contributed by atoms with Crippen LogP contribution in [0.3, 0.4) is 0 Å². The van der Waals surface area contributed by atoms with E-state index in [1.807, 2.05) is 23.6 Å². The van der Waals surface area contributed by atoms with E-state index in [4.69, 9.17) is 4.74 Å². The number of pyridine rings is 1. The second-order valence-electron chi connectivity index (χ2n) is 9.90. The SMILES string of the molecule is CCOc1ccccc1N1CCN(Cc2cc3cc(C)ccc3n(CCN3CCCC3)c2=O)CC1. The monoisotopic (exact) mass is 474 g/mol. The van der Waals surface area contributed by atoms with Gasteiger partial charge < -0.3 is 19.1 Å². The summed E-state index contributed by atoms with van der Waals surface area (Å²) in [6.07, 6.45) is 2.55. The molecule has 2 aliphatic rings. The number of fused-ring (bicyclic) bond motifs is 1. The van der Waals surface area contributed by atoms with E-state index >= 15 is 0 Å². The van der Waals surface area contributed by atoms with Crippen LogP contribution in [0.25, 0.3) is 10.9 Å². The second-order valence-corrected chi connectivity index (χ2v) is 9.90. The van der Waals surface area contributed by atoms with Crippen molar-refractivity contribution in [2.24, 2.45) is 0 Å². The Morgan fingerprint density at radius 1 is 0.857 bits per heavy atom. The van der Waals surface area contributed by atoms with Crippen LogP contribution in [-0.2, 0) is 13.1 Å². The number of benzene rings is 2. The molecule has 6 heteroatoms. The highest BCUT2D eigenvalue weighted by molar-refractivity contribution is 5.80. The van der Waals surface area contributed by atoms with Gasteiger partial charge in [0.25, 0.3) is 5.56 Å². The zero-order chi connectivity index (χ0) is 24.2. The van der Waals surface area contributed by atoms with Crippen molar-refractivity contribution in [1.82, 2.24) is 14.4 Å². The third kappa shape index (κ3) is 5.39. The smallest absolute Gasteiger partial charge is 0.255 e. The maximum Gasteiger partial charge on any atom is 0.255 e. The first-order valence-electron chi connectivity index (χ1n) is 13.2. The molecular weight excluding hydrogens is 436 g/mol. The Morgan fingerprint density at radius 2 is 1.63 bits per heavy atom. The highest BCUT2D eigenvalue weighted by Crippen LogP contribution is 2.29. The van der Waals surface area contributed by atoms with Crippen LogP contribution in [0, 0.1) is 6.92 Å². The average Bonchev–Trinajstić information content (AvgIpc) is 3.39. The van der Waals surface area contributed by atoms with E-state index in [1.54, 1.807) is 0 Å². The lowest BCUT2D eigenvalue weighted by Gasteiger charge is -2.36. The first-order chi connectivity index (χ1) is 17.1. The summed E-state index contributed by atoms with van der Waals surface area (Å²) in [4.78, 5) is 20.9. The highest BCUT2D eigenvalue weighted by atomic mass is 16.5. The summed E-state index contributed by atoms with van der Waals surface area (Å²) in [7, 11) is 0. The predicted octanol–water partition coefficient (Wildman–Crippen LogP) is 4.13. The molecule has 5 rings (SSSR count). The van der Waals surface area contributed by atoms with Gasteiger partial charge in [-0.3, -0.25) is 9.69 Å². The molecule has 2 saturated heterocycles. The fourth-order valence-corrected chi connectivity index (χ4v) is 5.53. The van der Waals surface area contributed by atoms with E-state index < -0.39 is 0 Å². The molecule has 0 bridgehead atoms. The number of aromatic nitrogens is 1. The molecule has 3 heterocycles. The molecule has 0 spiro atoms. The van der Waals surface area contributed by atoms with Gasteiger partial charge in [0.15, 0.2) is 0 Å². The molecule has 2 aliphatic heterocycles. The quantitative estimate of drug-likeness (QED) is 0.491. The lowest BCUT2D eigenvalue weighted by molar-refractivity contribution is 0.247. The summed E-state index contributed by atoms with van der Waals surface area (Å²) in [6.45, 7) is 13.3. The zero-order valence-corrected chi connectivity index (χ0v) is 21.2. The Morgan fingerprint density at radius 3 is 2.40 bits per heavy atom. The highest BCUT2D eigenvalue weighted by Gasteiger charge is 2.21. The first kappa shape index (κ1) is 23.9. The fraction of sp³-hybridized carbons (Fsp3) is 0.483. The van der Waals surface area contributed by atoms with Gasteiger partial charge >= 0.3 is 0 Å². The van der Waals surface area contributed by atoms with Crippen molar-refractivity contribution in [2.45, 2.75) is 39.8 Å². The molecule has 0 N–H and O–H groups in total. The summed E-state index contributed by atoms with van der Waals surface area (Å²) in [5.74, 6) is 0.953. The van der Waals surface area contributed by atoms with Crippen LogP contribution in [0.5, 0.6) is 5.75 Å². The van der Waals surface area contributed by atoms with Crippen LogP contribution in [0.15, 0.2) is 53.3 Å². The Kier molecular flexibility index (Phi) is 7.40. The van der Waals surface area contributed by atoms with Gasteiger partial charge in [-0.1, -0.05) is 23.8 Å². The second kappa shape index (κ2) is 10.8. The third-order valence-corrected chi connectivity index (χ3v) is 7.43. The number of hydrogen-bond donors (Lipinski definition) is 0. The normalized spacial score (nSPS) is 17.4. The Bertz CT molecular complexity index is 1210. The number of ether oxygens (including phenoxy) is 1. The molecule has 0 amide bonds. The maximum atomic E-state index is 13.6. The Hall–Kier alpha value is -2.83. The molecule has 6 nitrogen and oxygen atoms in total. The molecule has 1 aromatic heterocycles. The van der Waals surface area contributed by atoms with Crippen molar-refractivity contribution in [3.63, 3.8) is 0 Å². The minimum atomic E-state index is 0.171. The molecule has 2 aromatic carbocycles. The van der Waals surface area contributed by atoms with Crippen LogP contribution in [0.4, 0.5) is 5.69 Å². The molecule has 186 valence electrons. The summed E-state index contributed by atoms with van der Waals surface area (Å²) >= 11 is 0. The van der Waals surface area contributed by atoms with Gasteiger partial charge in [0.2, 0.25) is 0 Å². The Labute approximate surface area is 208 Å². The van der Waals surface area contributed by atoms with Crippen molar-refractivity contribution >= 4 is 16.6 Å². The number of anilines is 1. The van der Waals surface area contributed by atoms with Crippen molar-refractivity contribution < 1.29 is 4.74 Å². The predicted molar refractivity (Wildman–Crippen MR) is 144 cm³/mol. The van der Waals surface area contributed by atoms with Crippen LogP contribution >= 0.6 is 0 Å². The van der Waals surface area contributed by atoms with Gasteiger partial charge in [-0.15, -0.1) is 0 Å². The fourth-order valence-electron chi connectivity index (χ4n) is 5.53. The van der Waals surface area contributed by atoms with Crippen LogP contribution in [0.1, 0.15) is 30.9 Å². The molecule has 0 unspecified atom stereocenters. The van der Waals surface area contributed by atoms with Crippen molar-refractivity contribution in [2.75, 3.05) is 57.3 Å². The zero-order valence-electron chi connectivity index (χ0n) is 21.2. The van der Waals surface area contributed by atoms with Crippen molar-refractivity contribution in [3.05, 3.63) is 70.0 Å². The van der Waals surface area contributed by atoms with Gasteiger partial charge in [-0.2, -0.15) is 0 Å². The standard InChI is InChI=1S/C29H38N4O2/c1-3-35-28-9-5-4-8-27(28)32-17-14-31(15-18-32)22-25-21-24-20-23(2)10-11-26(24)33(29(25)34)19-16-30-12-6-7-13-30/h4-5,8-11,20-21H,3,6-7,12-19,22H2,1-2H3. The number of piperazine rings is 1. The van der Waals surface area contributed by atoms with E-state index in [2.05, 4.69) is 58.0 Å². The number of rotatable bonds is 8. The minimum absolute atomic E-state index is 0.171. The minimum Gasteiger partial charge on any atom is -0.492 e. The number of nitrogens with zero attached hydrogens (tertiary/aromatic N) is 4. The van der Waals surface area contributed by atoms with E-state index in [0.717, 1.165) is 69.2 Å². The molecule has 0 radical (unpaired) electrons. The summed E-state index contributed by atoms with van der Waals surface area (Å²) < 4.78 is 7.87. The summed E-state index contributed by atoms with van der Waals surface area (Å²) in [6, 6.07) is 16.9. The summed E-state index contributed by atoms with van der Waals surface area (Å²) in [5, 5.41) is 1.17. The van der Waals surface area contributed by atoms with Gasteiger partial charge in [0.1, 0.15) is 5.75 Å². The molecule has 0 saturated carbocycles. The first-order valence-corrected chi connectivity index (χ1v) is 13.2. The van der Waals surface area contributed by atoms with Gasteiger partial charge in [-0.25, -0.2) is 0 Å². The topological polar surface area (TPSA) is 41.0 Å². The van der Waals surface area contributed by atoms with Crippen LogP contribution in [0.2, 0.25) is 0 Å². The van der Waals surface area contributed by atoms with Crippen molar-refractivity contribution in [3.8, 4) is 5.75 Å². The van der Waals surface area contributed by atoms with E-state index in [9.17, 15) is 4.79 Å². The molecule has 3 aromatic rings. The number of hydrogen-bond acceptors (Lipinski definition) is 5. The summed E-state index contributed by atoms with van der Waals surface area (Å²) in [5.41, 5.74) is 4.53. The molecule has 0 atom stereocenters. The van der Waals surface area contributed by atoms with Gasteiger partial charge in [-0.05, 0) is 75.5 Å². The van der Waals surface area contributed by atoms with E-state index in [1.165, 1.54) is 29.5 Å². The van der Waals surface area contributed by atoms with E-state index in [-0.39, 0.29) is 5.56 Å². The third-order valence-electron chi connectivity index (χ3n) is 7.43. The van der Waals surface area contributed by atoms with Crippen molar-refractivity contribution in [1.29, 1.82) is 0 Å². The average molecular weight is 475 g/mol. The number of aryl methyl sites for hydroxylation is 1. The maximum absolute atomic E-state index is 13.6. The lowest BCUT2D eigenvalue weighted by atomic mass is 10.1. The van der Waals surface area contributed by atoms with Crippen LogP contribution < -0.4 is 15.2 Å². The Balaban J connectivity index is 1.33.